The van der Waals surface area contributed by atoms with E-state index < -0.39 is 11.6 Å². The lowest BCUT2D eigenvalue weighted by Gasteiger charge is -2.07. The zero-order valence-corrected chi connectivity index (χ0v) is 12.6. The molecule has 0 atom stereocenters. The number of hydrogen-bond acceptors (Lipinski definition) is 3. The number of rotatable bonds is 6. The summed E-state index contributed by atoms with van der Waals surface area (Å²) in [6.45, 7) is 4.53. The van der Waals surface area contributed by atoms with E-state index in [9.17, 15) is 8.78 Å². The molecular formula is C17H18F2N2O. The number of hydrazone groups is 1. The molecule has 0 heterocycles. The zero-order valence-electron chi connectivity index (χ0n) is 12.6. The van der Waals surface area contributed by atoms with Crippen LogP contribution in [0, 0.1) is 11.6 Å². The van der Waals surface area contributed by atoms with Gasteiger partial charge in [-0.25, -0.2) is 8.78 Å². The third kappa shape index (κ3) is 4.28. The summed E-state index contributed by atoms with van der Waals surface area (Å²) in [5, 5.41) is 4.11. The summed E-state index contributed by atoms with van der Waals surface area (Å²) >= 11 is 0. The Morgan fingerprint density at radius 2 is 1.86 bits per heavy atom. The second-order valence-corrected chi connectivity index (χ2v) is 4.81. The van der Waals surface area contributed by atoms with Crippen molar-refractivity contribution in [1.82, 2.24) is 0 Å². The van der Waals surface area contributed by atoms with Crippen molar-refractivity contribution in [3.63, 3.8) is 0 Å². The first kappa shape index (κ1) is 15.9. The van der Waals surface area contributed by atoms with Gasteiger partial charge in [-0.3, -0.25) is 5.43 Å². The lowest BCUT2D eigenvalue weighted by Crippen LogP contribution is -2.01. The second kappa shape index (κ2) is 7.54. The van der Waals surface area contributed by atoms with Crippen molar-refractivity contribution in [2.75, 3.05) is 12.0 Å². The number of benzene rings is 2. The van der Waals surface area contributed by atoms with Crippen LogP contribution in [0.2, 0.25) is 0 Å². The van der Waals surface area contributed by atoms with Gasteiger partial charge < -0.3 is 4.74 Å². The predicted octanol–water partition coefficient (Wildman–Crippen LogP) is 4.59. The van der Waals surface area contributed by atoms with Crippen molar-refractivity contribution >= 4 is 11.4 Å². The zero-order chi connectivity index (χ0) is 15.9. The quantitative estimate of drug-likeness (QED) is 0.625. The van der Waals surface area contributed by atoms with Crippen LogP contribution in [0.4, 0.5) is 14.5 Å². The van der Waals surface area contributed by atoms with Crippen LogP contribution in [0.1, 0.15) is 25.8 Å². The van der Waals surface area contributed by atoms with E-state index >= 15 is 0 Å². The third-order valence-corrected chi connectivity index (χ3v) is 3.02. The maximum absolute atomic E-state index is 13.5. The number of anilines is 1. The predicted molar refractivity (Wildman–Crippen MR) is 84.4 cm³/mol. The fraction of sp³-hybridized carbons (Fsp3) is 0.235. The Labute approximate surface area is 128 Å². The van der Waals surface area contributed by atoms with Crippen LogP contribution < -0.4 is 10.2 Å². The summed E-state index contributed by atoms with van der Waals surface area (Å²) in [5.41, 5.74) is 4.30. The molecule has 0 unspecified atom stereocenters. The molecule has 0 bridgehead atoms. The van der Waals surface area contributed by atoms with Gasteiger partial charge in [0.15, 0.2) is 5.82 Å². The Bertz CT molecular complexity index is 654. The Hall–Kier alpha value is -2.43. The fourth-order valence-electron chi connectivity index (χ4n) is 1.80. The molecule has 2 aromatic rings. The monoisotopic (exact) mass is 304 g/mol. The van der Waals surface area contributed by atoms with Crippen molar-refractivity contribution in [3.05, 3.63) is 59.7 Å². The summed E-state index contributed by atoms with van der Waals surface area (Å²) in [6, 6.07) is 10.8. The van der Waals surface area contributed by atoms with Gasteiger partial charge in [0.2, 0.25) is 0 Å². The molecule has 116 valence electrons. The minimum Gasteiger partial charge on any atom is -0.494 e. The van der Waals surface area contributed by atoms with Crippen LogP contribution in [0.5, 0.6) is 5.75 Å². The smallest absolute Gasteiger partial charge is 0.151 e. The summed E-state index contributed by atoms with van der Waals surface area (Å²) < 4.78 is 31.8. The fourth-order valence-corrected chi connectivity index (χ4v) is 1.80. The summed E-state index contributed by atoms with van der Waals surface area (Å²) in [7, 11) is 0. The van der Waals surface area contributed by atoms with Gasteiger partial charge in [-0.1, -0.05) is 6.92 Å². The molecule has 0 aliphatic rings. The van der Waals surface area contributed by atoms with E-state index in [1.165, 1.54) is 12.1 Å². The molecule has 0 aliphatic heterocycles. The normalized spacial score (nSPS) is 11.4. The van der Waals surface area contributed by atoms with Gasteiger partial charge in [-0.05, 0) is 55.3 Å². The molecule has 1 N–H and O–H groups in total. The highest BCUT2D eigenvalue weighted by Crippen LogP contribution is 2.16. The number of halogens is 2. The standard InChI is InChI=1S/C17H18F2N2O/c1-3-10-22-15-7-4-13(5-8-15)12(2)20-21-17-9-6-14(18)11-16(17)19/h4-9,11,21H,3,10H2,1-2H3/b20-12+. The van der Waals surface area contributed by atoms with Crippen LogP contribution in [0.15, 0.2) is 47.6 Å². The van der Waals surface area contributed by atoms with E-state index in [2.05, 4.69) is 10.5 Å². The van der Waals surface area contributed by atoms with E-state index in [0.717, 1.165) is 23.8 Å². The van der Waals surface area contributed by atoms with Crippen molar-refractivity contribution in [2.45, 2.75) is 20.3 Å². The first-order valence-corrected chi connectivity index (χ1v) is 7.08. The van der Waals surface area contributed by atoms with Gasteiger partial charge in [0.05, 0.1) is 18.0 Å². The summed E-state index contributed by atoms with van der Waals surface area (Å²) in [4.78, 5) is 0. The van der Waals surface area contributed by atoms with Gasteiger partial charge in [-0.15, -0.1) is 0 Å². The molecule has 0 aliphatic carbocycles. The largest absolute Gasteiger partial charge is 0.494 e. The van der Waals surface area contributed by atoms with Gasteiger partial charge in [-0.2, -0.15) is 5.10 Å². The Morgan fingerprint density at radius 1 is 1.14 bits per heavy atom. The van der Waals surface area contributed by atoms with Crippen LogP contribution >= 0.6 is 0 Å². The van der Waals surface area contributed by atoms with Crippen molar-refractivity contribution in [1.29, 1.82) is 0 Å². The molecule has 5 heteroatoms. The van der Waals surface area contributed by atoms with Crippen molar-refractivity contribution < 1.29 is 13.5 Å². The minimum absolute atomic E-state index is 0.128. The van der Waals surface area contributed by atoms with E-state index in [1.54, 1.807) is 6.92 Å². The van der Waals surface area contributed by atoms with Crippen molar-refractivity contribution in [3.8, 4) is 5.75 Å². The van der Waals surface area contributed by atoms with Crippen LogP contribution in [-0.4, -0.2) is 12.3 Å². The first-order chi connectivity index (χ1) is 10.6. The molecule has 0 amide bonds. The average molecular weight is 304 g/mol. The first-order valence-electron chi connectivity index (χ1n) is 7.08. The number of ether oxygens (including phenoxy) is 1. The maximum atomic E-state index is 13.5. The Morgan fingerprint density at radius 3 is 2.50 bits per heavy atom. The van der Waals surface area contributed by atoms with Gasteiger partial charge in [0.25, 0.3) is 0 Å². The van der Waals surface area contributed by atoms with Gasteiger partial charge >= 0.3 is 0 Å². The van der Waals surface area contributed by atoms with E-state index in [-0.39, 0.29) is 5.69 Å². The lowest BCUT2D eigenvalue weighted by molar-refractivity contribution is 0.317. The molecule has 0 saturated carbocycles. The average Bonchev–Trinajstić information content (AvgIpc) is 2.52. The topological polar surface area (TPSA) is 33.6 Å². The lowest BCUT2D eigenvalue weighted by atomic mass is 10.1. The number of hydrogen-bond donors (Lipinski definition) is 1. The van der Waals surface area contributed by atoms with Gasteiger partial charge in [0, 0.05) is 6.07 Å². The molecule has 3 nitrogen and oxygen atoms in total. The summed E-state index contributed by atoms with van der Waals surface area (Å²) in [5.74, 6) is -0.498. The van der Waals surface area contributed by atoms with E-state index in [1.807, 2.05) is 31.2 Å². The minimum atomic E-state index is -0.681. The molecular weight excluding hydrogens is 286 g/mol. The Kier molecular flexibility index (Phi) is 5.47. The van der Waals surface area contributed by atoms with Crippen molar-refractivity contribution in [2.24, 2.45) is 5.10 Å². The molecule has 0 fully saturated rings. The highest BCUT2D eigenvalue weighted by Gasteiger charge is 2.03. The molecule has 22 heavy (non-hydrogen) atoms. The highest BCUT2D eigenvalue weighted by molar-refractivity contribution is 5.99. The van der Waals surface area contributed by atoms with Crippen LogP contribution in [0.25, 0.3) is 0 Å². The number of nitrogens with one attached hydrogen (secondary N) is 1. The molecule has 0 saturated heterocycles. The van der Waals surface area contributed by atoms with Crippen LogP contribution in [-0.2, 0) is 0 Å². The SMILES string of the molecule is CCCOc1ccc(/C(C)=N/Nc2ccc(F)cc2F)cc1. The van der Waals surface area contributed by atoms with E-state index in [0.29, 0.717) is 12.3 Å². The van der Waals surface area contributed by atoms with Crippen LogP contribution in [0.3, 0.4) is 0 Å². The molecule has 0 spiro atoms. The van der Waals surface area contributed by atoms with Gasteiger partial charge in [0.1, 0.15) is 11.6 Å². The second-order valence-electron chi connectivity index (χ2n) is 4.81. The van der Waals surface area contributed by atoms with E-state index in [4.69, 9.17) is 4.74 Å². The molecule has 2 aromatic carbocycles. The molecule has 0 aromatic heterocycles. The Balaban J connectivity index is 2.05. The third-order valence-electron chi connectivity index (χ3n) is 3.02. The number of nitrogens with zero attached hydrogens (tertiary/aromatic N) is 1. The highest BCUT2D eigenvalue weighted by atomic mass is 19.1. The maximum Gasteiger partial charge on any atom is 0.151 e. The molecule has 0 radical (unpaired) electrons. The molecule has 2 rings (SSSR count). The summed E-state index contributed by atoms with van der Waals surface area (Å²) in [6.07, 6.45) is 0.954.